The van der Waals surface area contributed by atoms with Gasteiger partial charge in [-0.15, -0.1) is 0 Å². The predicted molar refractivity (Wildman–Crippen MR) is 59.6 cm³/mol. The first-order valence-corrected chi connectivity index (χ1v) is 5.80. The van der Waals surface area contributed by atoms with Crippen molar-refractivity contribution in [3.05, 3.63) is 40.8 Å². The topological polar surface area (TPSA) is 17.8 Å². The van der Waals surface area contributed by atoms with Gasteiger partial charge in [-0.3, -0.25) is 4.68 Å². The average molecular weight is 206 g/mol. The predicted octanol–water partition coefficient (Wildman–Crippen LogP) is 3.14. The van der Waals surface area contributed by atoms with Crippen molar-refractivity contribution in [3.8, 4) is 0 Å². The molecule has 2 nitrogen and oxygen atoms in total. The molecule has 2 aromatic rings. The van der Waals surface area contributed by atoms with Crippen LogP contribution in [0.3, 0.4) is 0 Å². The molecule has 0 aliphatic heterocycles. The summed E-state index contributed by atoms with van der Waals surface area (Å²) in [6.45, 7) is 3.27. The van der Waals surface area contributed by atoms with Crippen molar-refractivity contribution in [2.45, 2.75) is 25.8 Å². The fourth-order valence-corrected chi connectivity index (χ4v) is 2.26. The zero-order valence-electron chi connectivity index (χ0n) is 8.26. The van der Waals surface area contributed by atoms with Crippen LogP contribution in [0.15, 0.2) is 35.3 Å². The van der Waals surface area contributed by atoms with E-state index in [1.807, 2.05) is 23.1 Å². The SMILES string of the molecule is CC(CCn1cccn1)c1ccsc1. The van der Waals surface area contributed by atoms with Gasteiger partial charge in [0.25, 0.3) is 0 Å². The molecule has 0 saturated carbocycles. The molecule has 0 aliphatic carbocycles. The van der Waals surface area contributed by atoms with E-state index in [4.69, 9.17) is 0 Å². The summed E-state index contributed by atoms with van der Waals surface area (Å²) in [4.78, 5) is 0. The van der Waals surface area contributed by atoms with Crippen molar-refractivity contribution in [1.29, 1.82) is 0 Å². The van der Waals surface area contributed by atoms with E-state index in [1.165, 1.54) is 5.56 Å². The largest absolute Gasteiger partial charge is 0.273 e. The highest BCUT2D eigenvalue weighted by Crippen LogP contribution is 2.21. The van der Waals surface area contributed by atoms with Gasteiger partial charge in [-0.1, -0.05) is 6.92 Å². The Labute approximate surface area is 88.2 Å². The molecule has 2 heterocycles. The van der Waals surface area contributed by atoms with Gasteiger partial charge in [-0.25, -0.2) is 0 Å². The van der Waals surface area contributed by atoms with Gasteiger partial charge in [0.15, 0.2) is 0 Å². The standard InChI is InChI=1S/C11H14N2S/c1-10(11-4-8-14-9-11)3-7-13-6-2-5-12-13/h2,4-6,8-10H,3,7H2,1H3. The van der Waals surface area contributed by atoms with Crippen LogP contribution in [-0.4, -0.2) is 9.78 Å². The van der Waals surface area contributed by atoms with Crippen LogP contribution in [0.2, 0.25) is 0 Å². The summed E-state index contributed by atoms with van der Waals surface area (Å²) >= 11 is 1.77. The lowest BCUT2D eigenvalue weighted by Crippen LogP contribution is -2.02. The molecule has 0 amide bonds. The maximum Gasteiger partial charge on any atom is 0.0489 e. The molecule has 0 bridgehead atoms. The second-order valence-corrected chi connectivity index (χ2v) is 4.30. The zero-order valence-corrected chi connectivity index (χ0v) is 9.07. The van der Waals surface area contributed by atoms with Crippen molar-refractivity contribution in [1.82, 2.24) is 9.78 Å². The summed E-state index contributed by atoms with van der Waals surface area (Å²) in [5.74, 6) is 0.630. The molecular formula is C11H14N2S. The van der Waals surface area contributed by atoms with Crippen molar-refractivity contribution in [2.75, 3.05) is 0 Å². The highest BCUT2D eigenvalue weighted by atomic mass is 32.1. The van der Waals surface area contributed by atoms with E-state index in [0.29, 0.717) is 5.92 Å². The minimum absolute atomic E-state index is 0.630. The van der Waals surface area contributed by atoms with Gasteiger partial charge in [-0.2, -0.15) is 16.4 Å². The number of aryl methyl sites for hydroxylation is 1. The molecular weight excluding hydrogens is 192 g/mol. The first kappa shape index (κ1) is 9.46. The van der Waals surface area contributed by atoms with Crippen molar-refractivity contribution in [3.63, 3.8) is 0 Å². The van der Waals surface area contributed by atoms with E-state index in [-0.39, 0.29) is 0 Å². The second-order valence-electron chi connectivity index (χ2n) is 3.52. The van der Waals surface area contributed by atoms with Crippen LogP contribution in [-0.2, 0) is 6.54 Å². The van der Waals surface area contributed by atoms with Crippen molar-refractivity contribution >= 4 is 11.3 Å². The molecule has 0 spiro atoms. The lowest BCUT2D eigenvalue weighted by Gasteiger charge is -2.09. The third kappa shape index (κ3) is 2.23. The van der Waals surface area contributed by atoms with Crippen LogP contribution in [0.25, 0.3) is 0 Å². The van der Waals surface area contributed by atoms with E-state index >= 15 is 0 Å². The molecule has 1 atom stereocenters. The number of hydrogen-bond acceptors (Lipinski definition) is 2. The summed E-state index contributed by atoms with van der Waals surface area (Å²) in [5.41, 5.74) is 1.45. The molecule has 0 aliphatic rings. The summed E-state index contributed by atoms with van der Waals surface area (Å²) < 4.78 is 1.99. The third-order valence-corrected chi connectivity index (χ3v) is 3.16. The smallest absolute Gasteiger partial charge is 0.0489 e. The minimum atomic E-state index is 0.630. The molecule has 74 valence electrons. The van der Waals surface area contributed by atoms with Gasteiger partial charge in [0.1, 0.15) is 0 Å². The van der Waals surface area contributed by atoms with Gasteiger partial charge in [0.05, 0.1) is 0 Å². The lowest BCUT2D eigenvalue weighted by molar-refractivity contribution is 0.534. The molecule has 3 heteroatoms. The summed E-state index contributed by atoms with van der Waals surface area (Å²) in [5, 5.41) is 8.56. The Balaban J connectivity index is 1.87. The fraction of sp³-hybridized carbons (Fsp3) is 0.364. The van der Waals surface area contributed by atoms with Crippen LogP contribution in [0, 0.1) is 0 Å². The third-order valence-electron chi connectivity index (χ3n) is 2.46. The molecule has 0 radical (unpaired) electrons. The summed E-state index contributed by atoms with van der Waals surface area (Å²) in [6.07, 6.45) is 4.99. The molecule has 1 unspecified atom stereocenters. The normalized spacial score (nSPS) is 12.9. The van der Waals surface area contributed by atoms with E-state index in [0.717, 1.165) is 13.0 Å². The van der Waals surface area contributed by atoms with E-state index < -0.39 is 0 Å². The Hall–Kier alpha value is -1.09. The first-order valence-electron chi connectivity index (χ1n) is 4.86. The maximum absolute atomic E-state index is 4.19. The highest BCUT2D eigenvalue weighted by molar-refractivity contribution is 7.07. The molecule has 0 aromatic carbocycles. The molecule has 0 saturated heterocycles. The van der Waals surface area contributed by atoms with Crippen LogP contribution in [0.4, 0.5) is 0 Å². The van der Waals surface area contributed by atoms with Crippen LogP contribution < -0.4 is 0 Å². The Kier molecular flexibility index (Phi) is 2.99. The first-order chi connectivity index (χ1) is 6.86. The number of rotatable bonds is 4. The highest BCUT2D eigenvalue weighted by Gasteiger charge is 2.05. The number of aromatic nitrogens is 2. The second kappa shape index (κ2) is 4.42. The Morgan fingerprint density at radius 1 is 1.57 bits per heavy atom. The minimum Gasteiger partial charge on any atom is -0.273 e. The summed E-state index contributed by atoms with van der Waals surface area (Å²) in [6, 6.07) is 4.17. The average Bonchev–Trinajstić information content (AvgIpc) is 2.87. The van der Waals surface area contributed by atoms with Crippen LogP contribution in [0.5, 0.6) is 0 Å². The van der Waals surface area contributed by atoms with E-state index in [2.05, 4.69) is 28.8 Å². The van der Waals surface area contributed by atoms with E-state index in [9.17, 15) is 0 Å². The van der Waals surface area contributed by atoms with Crippen LogP contribution >= 0.6 is 11.3 Å². The van der Waals surface area contributed by atoms with Gasteiger partial charge >= 0.3 is 0 Å². The van der Waals surface area contributed by atoms with Gasteiger partial charge in [0, 0.05) is 18.9 Å². The van der Waals surface area contributed by atoms with Gasteiger partial charge < -0.3 is 0 Å². The maximum atomic E-state index is 4.19. The van der Waals surface area contributed by atoms with Crippen molar-refractivity contribution in [2.24, 2.45) is 0 Å². The summed E-state index contributed by atoms with van der Waals surface area (Å²) in [7, 11) is 0. The Bertz CT molecular complexity index is 351. The molecule has 14 heavy (non-hydrogen) atoms. The van der Waals surface area contributed by atoms with Gasteiger partial charge in [-0.05, 0) is 40.8 Å². The zero-order chi connectivity index (χ0) is 9.80. The monoisotopic (exact) mass is 206 g/mol. The number of nitrogens with zero attached hydrogens (tertiary/aromatic N) is 2. The fourth-order valence-electron chi connectivity index (χ4n) is 1.48. The lowest BCUT2D eigenvalue weighted by atomic mass is 10.0. The van der Waals surface area contributed by atoms with Gasteiger partial charge in [0.2, 0.25) is 0 Å². The van der Waals surface area contributed by atoms with Crippen molar-refractivity contribution < 1.29 is 0 Å². The van der Waals surface area contributed by atoms with Crippen LogP contribution in [0.1, 0.15) is 24.8 Å². The number of thiophene rings is 1. The van der Waals surface area contributed by atoms with E-state index in [1.54, 1.807) is 11.3 Å². The number of hydrogen-bond donors (Lipinski definition) is 0. The molecule has 2 rings (SSSR count). The Morgan fingerprint density at radius 3 is 3.14 bits per heavy atom. The molecule has 0 fully saturated rings. The Morgan fingerprint density at radius 2 is 2.50 bits per heavy atom. The quantitative estimate of drug-likeness (QED) is 0.751. The molecule has 0 N–H and O–H groups in total. The molecule has 2 aromatic heterocycles.